The first kappa shape index (κ1) is 18.4. The summed E-state index contributed by atoms with van der Waals surface area (Å²) in [4.78, 5) is 12.6. The zero-order valence-electron chi connectivity index (χ0n) is 14.5. The van der Waals surface area contributed by atoms with E-state index in [-0.39, 0.29) is 11.0 Å². The van der Waals surface area contributed by atoms with Crippen molar-refractivity contribution in [3.63, 3.8) is 0 Å². The highest BCUT2D eigenvalue weighted by Gasteiger charge is 2.21. The minimum absolute atomic E-state index is 0.0163. The number of nitrogens with zero attached hydrogens (tertiary/aromatic N) is 4. The Labute approximate surface area is 160 Å². The van der Waals surface area contributed by atoms with Gasteiger partial charge in [-0.3, -0.25) is 4.79 Å². The molecule has 26 heavy (non-hydrogen) atoms. The van der Waals surface area contributed by atoms with E-state index in [1.54, 1.807) is 36.1 Å². The van der Waals surface area contributed by atoms with E-state index in [1.807, 2.05) is 32.0 Å². The van der Waals surface area contributed by atoms with Crippen molar-refractivity contribution in [2.45, 2.75) is 24.3 Å². The van der Waals surface area contributed by atoms with Crippen molar-refractivity contribution in [2.24, 2.45) is 0 Å². The number of thioether (sulfide) groups is 1. The van der Waals surface area contributed by atoms with Gasteiger partial charge in [-0.2, -0.15) is 4.68 Å². The Balaban J connectivity index is 1.86. The van der Waals surface area contributed by atoms with E-state index in [0.717, 1.165) is 11.3 Å². The fourth-order valence-corrected chi connectivity index (χ4v) is 3.43. The molecule has 0 fully saturated rings. The van der Waals surface area contributed by atoms with E-state index >= 15 is 0 Å². The van der Waals surface area contributed by atoms with Gasteiger partial charge in [0.2, 0.25) is 5.16 Å². The van der Waals surface area contributed by atoms with Crippen LogP contribution in [0.5, 0.6) is 5.75 Å². The summed E-state index contributed by atoms with van der Waals surface area (Å²) < 4.78 is 6.99. The monoisotopic (exact) mass is 388 g/mol. The average molecular weight is 389 g/mol. The highest BCUT2D eigenvalue weighted by Crippen LogP contribution is 2.29. The fourth-order valence-electron chi connectivity index (χ4n) is 2.43. The summed E-state index contributed by atoms with van der Waals surface area (Å²) in [7, 11) is 1.60. The number of hydrogen-bond acceptors (Lipinski definition) is 6. The topological polar surface area (TPSA) is 69.9 Å². The Hall–Kier alpha value is -2.38. The zero-order chi connectivity index (χ0) is 18.7. The molecule has 6 nitrogen and oxygen atoms in total. The summed E-state index contributed by atoms with van der Waals surface area (Å²) in [6.45, 7) is 3.81. The lowest BCUT2D eigenvalue weighted by atomic mass is 10.1. The van der Waals surface area contributed by atoms with Gasteiger partial charge in [-0.1, -0.05) is 29.4 Å². The molecule has 0 saturated heterocycles. The number of ketones is 1. The molecule has 0 unspecified atom stereocenters. The van der Waals surface area contributed by atoms with Crippen LogP contribution in [0, 0.1) is 6.92 Å². The van der Waals surface area contributed by atoms with Gasteiger partial charge in [0.15, 0.2) is 5.78 Å². The lowest BCUT2D eigenvalue weighted by molar-refractivity contribution is 0.0994. The number of hydrogen-bond donors (Lipinski definition) is 0. The molecule has 3 aromatic rings. The second kappa shape index (κ2) is 7.88. The number of Topliss-reactive ketones (excluding diaryl/α,β-unsaturated/α-hetero) is 1. The molecule has 0 amide bonds. The third kappa shape index (κ3) is 3.89. The number of benzene rings is 2. The molecular formula is C18H17ClN4O2S. The fraction of sp³-hybridized carbons (Fsp3) is 0.222. The molecule has 0 aliphatic rings. The minimum atomic E-state index is -0.364. The van der Waals surface area contributed by atoms with Crippen LogP contribution >= 0.6 is 23.4 Å². The standard InChI is InChI=1S/C18H17ClN4O2S/c1-11-4-9-16(25-3)15(10-11)23-18(20-21-22-23)26-12(2)17(24)13-5-7-14(19)8-6-13/h4-10,12H,1-3H3/t12-/m1/s1. The first-order chi connectivity index (χ1) is 12.5. The molecule has 1 atom stereocenters. The number of carbonyl (C=O) groups excluding carboxylic acids is 1. The Kier molecular flexibility index (Phi) is 5.58. The van der Waals surface area contributed by atoms with Crippen molar-refractivity contribution in [1.82, 2.24) is 20.2 Å². The van der Waals surface area contributed by atoms with Crippen molar-refractivity contribution in [2.75, 3.05) is 7.11 Å². The second-order valence-electron chi connectivity index (χ2n) is 5.68. The van der Waals surface area contributed by atoms with Crippen LogP contribution in [0.15, 0.2) is 47.6 Å². The molecule has 1 heterocycles. The average Bonchev–Trinajstić information content (AvgIpc) is 3.09. The van der Waals surface area contributed by atoms with Gasteiger partial charge in [-0.05, 0) is 66.2 Å². The van der Waals surface area contributed by atoms with Crippen LogP contribution in [0.1, 0.15) is 22.8 Å². The number of rotatable bonds is 6. The SMILES string of the molecule is COc1ccc(C)cc1-n1nnnc1S[C@H](C)C(=O)c1ccc(Cl)cc1. The first-order valence-corrected chi connectivity index (χ1v) is 9.15. The Morgan fingerprint density at radius 3 is 2.65 bits per heavy atom. The maximum Gasteiger partial charge on any atom is 0.214 e. The van der Waals surface area contributed by atoms with Gasteiger partial charge in [0.05, 0.1) is 12.4 Å². The number of methoxy groups -OCH3 is 1. The lowest BCUT2D eigenvalue weighted by Crippen LogP contribution is -2.14. The Morgan fingerprint density at radius 2 is 1.96 bits per heavy atom. The maximum atomic E-state index is 12.6. The molecule has 0 aliphatic carbocycles. The van der Waals surface area contributed by atoms with Crippen LogP contribution in [0.4, 0.5) is 0 Å². The summed E-state index contributed by atoms with van der Waals surface area (Å²) in [6.07, 6.45) is 0. The number of ether oxygens (including phenoxy) is 1. The molecule has 8 heteroatoms. The summed E-state index contributed by atoms with van der Waals surface area (Å²) in [6, 6.07) is 12.6. The highest BCUT2D eigenvalue weighted by molar-refractivity contribution is 8.00. The van der Waals surface area contributed by atoms with Gasteiger partial charge in [0.1, 0.15) is 11.4 Å². The Bertz CT molecular complexity index is 927. The second-order valence-corrected chi connectivity index (χ2v) is 7.42. The molecule has 0 spiro atoms. The van der Waals surface area contributed by atoms with Crippen molar-refractivity contribution in [3.8, 4) is 11.4 Å². The molecule has 0 N–H and O–H groups in total. The summed E-state index contributed by atoms with van der Waals surface area (Å²) >= 11 is 7.18. The molecule has 3 rings (SSSR count). The van der Waals surface area contributed by atoms with Crippen LogP contribution < -0.4 is 4.74 Å². The molecule has 1 aromatic heterocycles. The third-order valence-corrected chi connectivity index (χ3v) is 5.07. The van der Waals surface area contributed by atoms with Gasteiger partial charge < -0.3 is 4.74 Å². The minimum Gasteiger partial charge on any atom is -0.494 e. The van der Waals surface area contributed by atoms with Gasteiger partial charge in [0.25, 0.3) is 0 Å². The molecule has 0 bridgehead atoms. The zero-order valence-corrected chi connectivity index (χ0v) is 16.1. The normalized spacial score (nSPS) is 12.0. The number of aryl methyl sites for hydroxylation is 1. The highest BCUT2D eigenvalue weighted by atomic mass is 35.5. The van der Waals surface area contributed by atoms with Crippen molar-refractivity contribution in [3.05, 3.63) is 58.6 Å². The van der Waals surface area contributed by atoms with Gasteiger partial charge in [-0.25, -0.2) is 0 Å². The molecule has 2 aromatic carbocycles. The molecule has 0 saturated carbocycles. The van der Waals surface area contributed by atoms with E-state index in [0.29, 0.717) is 21.5 Å². The summed E-state index contributed by atoms with van der Waals surface area (Å²) in [5.74, 6) is 0.638. The predicted octanol–water partition coefficient (Wildman–Crippen LogP) is 4.00. The molecular weight excluding hydrogens is 372 g/mol. The van der Waals surface area contributed by atoms with Crippen LogP contribution in [-0.4, -0.2) is 38.4 Å². The lowest BCUT2D eigenvalue weighted by Gasteiger charge is -2.12. The van der Waals surface area contributed by atoms with Crippen molar-refractivity contribution in [1.29, 1.82) is 0 Å². The van der Waals surface area contributed by atoms with Gasteiger partial charge in [0, 0.05) is 10.6 Å². The summed E-state index contributed by atoms with van der Waals surface area (Å²) in [5, 5.41) is 12.6. The third-order valence-electron chi connectivity index (χ3n) is 3.78. The predicted molar refractivity (Wildman–Crippen MR) is 102 cm³/mol. The van der Waals surface area contributed by atoms with E-state index in [4.69, 9.17) is 16.3 Å². The number of aromatic nitrogens is 4. The molecule has 134 valence electrons. The number of carbonyl (C=O) groups is 1. The van der Waals surface area contributed by atoms with E-state index in [2.05, 4.69) is 15.5 Å². The quantitative estimate of drug-likeness (QED) is 0.469. The van der Waals surface area contributed by atoms with Crippen molar-refractivity contribution >= 4 is 29.1 Å². The largest absolute Gasteiger partial charge is 0.494 e. The van der Waals surface area contributed by atoms with Crippen molar-refractivity contribution < 1.29 is 9.53 Å². The number of halogens is 1. The van der Waals surface area contributed by atoms with Crippen LogP contribution in [0.2, 0.25) is 5.02 Å². The van der Waals surface area contributed by atoms with E-state index in [1.165, 1.54) is 11.8 Å². The van der Waals surface area contributed by atoms with Crippen LogP contribution in [0.25, 0.3) is 5.69 Å². The van der Waals surface area contributed by atoms with Crippen LogP contribution in [0.3, 0.4) is 0 Å². The van der Waals surface area contributed by atoms with Gasteiger partial charge >= 0.3 is 0 Å². The summed E-state index contributed by atoms with van der Waals surface area (Å²) in [5.41, 5.74) is 2.38. The Morgan fingerprint density at radius 1 is 1.23 bits per heavy atom. The van der Waals surface area contributed by atoms with E-state index in [9.17, 15) is 4.79 Å². The smallest absolute Gasteiger partial charge is 0.214 e. The molecule has 0 radical (unpaired) electrons. The van der Waals surface area contributed by atoms with E-state index < -0.39 is 0 Å². The maximum absolute atomic E-state index is 12.6. The van der Waals surface area contributed by atoms with Crippen LogP contribution in [-0.2, 0) is 0 Å². The molecule has 0 aliphatic heterocycles. The first-order valence-electron chi connectivity index (χ1n) is 7.89. The number of tetrazole rings is 1. The van der Waals surface area contributed by atoms with Gasteiger partial charge in [-0.15, -0.1) is 5.10 Å².